The minimum absolute atomic E-state index is 0.0272. The number of nitrogens with one attached hydrogen (secondary N) is 2. The fourth-order valence-corrected chi connectivity index (χ4v) is 4.04. The van der Waals surface area contributed by atoms with Gasteiger partial charge in [-0.25, -0.2) is 4.79 Å². The lowest BCUT2D eigenvalue weighted by Gasteiger charge is -2.20. The van der Waals surface area contributed by atoms with Gasteiger partial charge in [-0.3, -0.25) is 14.9 Å². The third kappa shape index (κ3) is 8.64. The van der Waals surface area contributed by atoms with Crippen LogP contribution >= 0.6 is 22.6 Å². The molecule has 37 heavy (non-hydrogen) atoms. The Kier molecular flexibility index (Phi) is 10.1. The Bertz CT molecular complexity index is 1290. The molecule has 1 atom stereocenters. The van der Waals surface area contributed by atoms with E-state index in [1.54, 1.807) is 72.8 Å². The van der Waals surface area contributed by atoms with Crippen molar-refractivity contribution in [2.24, 2.45) is 0 Å². The number of nitrogen functional groups attached to an aromatic ring is 1. The molecular weight excluding hydrogens is 585 g/mol. The van der Waals surface area contributed by atoms with Gasteiger partial charge in [0.15, 0.2) is 5.78 Å². The first-order chi connectivity index (χ1) is 17.7. The average Bonchev–Trinajstić information content (AvgIpc) is 2.86. The van der Waals surface area contributed by atoms with Crippen LogP contribution < -0.4 is 16.4 Å². The molecule has 0 saturated heterocycles. The summed E-state index contributed by atoms with van der Waals surface area (Å²) in [6, 6.07) is 18.6. The largest absolute Gasteiger partial charge is 0.508 e. The van der Waals surface area contributed by atoms with Gasteiger partial charge in [-0.2, -0.15) is 0 Å². The smallest absolute Gasteiger partial charge is 0.412 e. The molecule has 3 aromatic carbocycles. The highest BCUT2D eigenvalue weighted by molar-refractivity contribution is 14.1. The zero-order valence-corrected chi connectivity index (χ0v) is 22.4. The van der Waals surface area contributed by atoms with Crippen LogP contribution in [-0.2, 0) is 9.53 Å². The molecule has 0 radical (unpaired) electrons. The molecule has 0 aliphatic rings. The summed E-state index contributed by atoms with van der Waals surface area (Å²) in [5, 5.41) is 15.8. The van der Waals surface area contributed by atoms with Crippen molar-refractivity contribution in [3.8, 4) is 5.75 Å². The molecule has 2 amide bonds. The van der Waals surface area contributed by atoms with E-state index in [9.17, 15) is 19.5 Å². The van der Waals surface area contributed by atoms with Gasteiger partial charge in [-0.15, -0.1) is 0 Å². The Morgan fingerprint density at radius 1 is 1.05 bits per heavy atom. The van der Waals surface area contributed by atoms with Gasteiger partial charge in [-0.1, -0.05) is 18.2 Å². The van der Waals surface area contributed by atoms with E-state index in [-0.39, 0.29) is 17.4 Å². The number of hydrogen-bond acceptors (Lipinski definition) is 6. The number of phenolic OH excluding ortho intramolecular Hbond substituents is 1. The summed E-state index contributed by atoms with van der Waals surface area (Å²) < 4.78 is 6.56. The quantitative estimate of drug-likeness (QED) is 0.0685. The maximum Gasteiger partial charge on any atom is 0.412 e. The molecule has 0 aliphatic heterocycles. The molecule has 0 fully saturated rings. The first kappa shape index (κ1) is 27.7. The minimum Gasteiger partial charge on any atom is -0.508 e. The van der Waals surface area contributed by atoms with E-state index in [1.165, 1.54) is 13.0 Å². The number of carbonyl (C=O) groups is 3. The van der Waals surface area contributed by atoms with E-state index in [2.05, 4.69) is 33.2 Å². The molecule has 0 spiro atoms. The van der Waals surface area contributed by atoms with Crippen molar-refractivity contribution in [2.75, 3.05) is 16.4 Å². The number of nitrogens with two attached hydrogens (primary N) is 1. The van der Waals surface area contributed by atoms with Crippen LogP contribution in [0.1, 0.15) is 48.2 Å². The van der Waals surface area contributed by atoms with Crippen molar-refractivity contribution >= 4 is 57.4 Å². The second-order valence-corrected chi connectivity index (χ2v) is 9.51. The van der Waals surface area contributed by atoms with Gasteiger partial charge < -0.3 is 20.9 Å². The van der Waals surface area contributed by atoms with Crippen molar-refractivity contribution in [3.05, 3.63) is 93.6 Å². The molecule has 8 nitrogen and oxygen atoms in total. The Balaban J connectivity index is 1.60. The predicted octanol–water partition coefficient (Wildman–Crippen LogP) is 6.44. The number of anilines is 3. The number of ketones is 1. The molecule has 0 aromatic heterocycles. The first-order valence-electron chi connectivity index (χ1n) is 11.6. The fourth-order valence-electron chi connectivity index (χ4n) is 3.52. The lowest BCUT2D eigenvalue weighted by molar-refractivity contribution is -0.111. The number of hydrogen-bond donors (Lipinski definition) is 4. The number of para-hydroxylation sites is 2. The summed E-state index contributed by atoms with van der Waals surface area (Å²) in [6.45, 7) is 1.47. The molecule has 0 unspecified atom stereocenters. The van der Waals surface area contributed by atoms with Crippen LogP contribution in [0.4, 0.5) is 21.9 Å². The molecule has 0 bridgehead atoms. The van der Waals surface area contributed by atoms with Crippen LogP contribution in [0.15, 0.2) is 78.9 Å². The van der Waals surface area contributed by atoms with E-state index in [1.807, 2.05) is 0 Å². The van der Waals surface area contributed by atoms with Crippen molar-refractivity contribution in [3.63, 3.8) is 0 Å². The fraction of sp³-hybridized carbons (Fsp3) is 0.179. The monoisotopic (exact) mass is 613 g/mol. The topological polar surface area (TPSA) is 131 Å². The Hall–Kier alpha value is -3.86. The third-order valence-electron chi connectivity index (χ3n) is 5.45. The average molecular weight is 613 g/mol. The van der Waals surface area contributed by atoms with Gasteiger partial charge in [0.25, 0.3) is 0 Å². The van der Waals surface area contributed by atoms with Crippen LogP contribution in [-0.4, -0.2) is 22.9 Å². The normalized spacial score (nSPS) is 11.6. The second-order valence-electron chi connectivity index (χ2n) is 8.27. The zero-order valence-electron chi connectivity index (χ0n) is 20.2. The zero-order chi connectivity index (χ0) is 26.8. The second kappa shape index (κ2) is 13.4. The lowest BCUT2D eigenvalue weighted by Crippen LogP contribution is -2.18. The number of amides is 2. The van der Waals surface area contributed by atoms with Crippen LogP contribution in [0, 0.1) is 3.57 Å². The van der Waals surface area contributed by atoms with Gasteiger partial charge >= 0.3 is 6.09 Å². The summed E-state index contributed by atoms with van der Waals surface area (Å²) in [4.78, 5) is 36.2. The van der Waals surface area contributed by atoms with Gasteiger partial charge in [0.1, 0.15) is 11.9 Å². The van der Waals surface area contributed by atoms with Crippen LogP contribution in [0.3, 0.4) is 0 Å². The molecule has 0 saturated carbocycles. The highest BCUT2D eigenvalue weighted by atomic mass is 127. The number of phenols is 1. The summed E-state index contributed by atoms with van der Waals surface area (Å²) in [6.07, 6.45) is 3.33. The molecule has 9 heteroatoms. The Labute approximate surface area is 229 Å². The third-order valence-corrected chi connectivity index (χ3v) is 6.12. The van der Waals surface area contributed by atoms with E-state index in [0.717, 1.165) is 3.57 Å². The van der Waals surface area contributed by atoms with E-state index in [0.29, 0.717) is 47.5 Å². The summed E-state index contributed by atoms with van der Waals surface area (Å²) in [7, 11) is 0. The predicted molar refractivity (Wildman–Crippen MR) is 153 cm³/mol. The number of unbranched alkanes of at least 4 members (excludes halogenated alkanes) is 1. The van der Waals surface area contributed by atoms with Crippen molar-refractivity contribution in [1.29, 1.82) is 0 Å². The number of aromatic hydroxyl groups is 1. The number of halogens is 1. The number of carbonyl (C=O) groups excluding carboxylic acids is 3. The number of allylic oxidation sites excluding steroid dienone is 1. The van der Waals surface area contributed by atoms with Gasteiger partial charge in [-0.05, 0) is 109 Å². The van der Waals surface area contributed by atoms with Crippen LogP contribution in [0.5, 0.6) is 5.75 Å². The molecule has 3 rings (SSSR count). The Morgan fingerprint density at radius 3 is 2.49 bits per heavy atom. The van der Waals surface area contributed by atoms with Gasteiger partial charge in [0.05, 0.1) is 11.4 Å². The SMILES string of the molecule is CC(=O)c1ccc(NC(=O)O[C@H](CCC/C=C/C(=O)Nc2ccccc2N)c2cc(I)ccc2O)cc1. The van der Waals surface area contributed by atoms with Crippen molar-refractivity contribution < 1.29 is 24.2 Å². The number of rotatable bonds is 10. The molecule has 3 aromatic rings. The standard InChI is InChI=1S/C28H28IN3O5/c1-18(33)19-11-14-21(15-12-19)31-28(36)37-26(22-17-20(29)13-16-25(22)34)9-3-2-4-10-27(35)32-24-8-6-5-7-23(24)30/h4-8,10-17,26,34H,2-3,9,30H2,1H3,(H,31,36)(H,32,35)/b10-4+/t26-/m1/s1. The molecule has 0 heterocycles. The lowest BCUT2D eigenvalue weighted by atomic mass is 10.0. The number of benzene rings is 3. The van der Waals surface area contributed by atoms with Crippen LogP contribution in [0.25, 0.3) is 0 Å². The molecular formula is C28H28IN3O5. The highest BCUT2D eigenvalue weighted by Crippen LogP contribution is 2.32. The van der Waals surface area contributed by atoms with E-state index in [4.69, 9.17) is 10.5 Å². The highest BCUT2D eigenvalue weighted by Gasteiger charge is 2.20. The van der Waals surface area contributed by atoms with Gasteiger partial charge in [0, 0.05) is 20.4 Å². The van der Waals surface area contributed by atoms with Crippen molar-refractivity contribution in [2.45, 2.75) is 32.3 Å². The minimum atomic E-state index is -0.711. The number of ether oxygens (including phenoxy) is 1. The van der Waals surface area contributed by atoms with E-state index < -0.39 is 12.2 Å². The maximum absolute atomic E-state index is 12.6. The summed E-state index contributed by atoms with van der Waals surface area (Å²) in [5.74, 6) is -0.338. The van der Waals surface area contributed by atoms with Gasteiger partial charge in [0.2, 0.25) is 5.91 Å². The molecule has 192 valence electrons. The number of Topliss-reactive ketones (excluding diaryl/α,β-unsaturated/α-hetero) is 1. The maximum atomic E-state index is 12.6. The van der Waals surface area contributed by atoms with E-state index >= 15 is 0 Å². The first-order valence-corrected chi connectivity index (χ1v) is 12.7. The Morgan fingerprint density at radius 2 is 1.78 bits per heavy atom. The van der Waals surface area contributed by atoms with Crippen LogP contribution in [0.2, 0.25) is 0 Å². The summed E-state index contributed by atoms with van der Waals surface area (Å²) in [5.41, 5.74) is 8.38. The summed E-state index contributed by atoms with van der Waals surface area (Å²) >= 11 is 2.13. The molecule has 5 N–H and O–H groups in total. The van der Waals surface area contributed by atoms with Crippen molar-refractivity contribution in [1.82, 2.24) is 0 Å². The molecule has 0 aliphatic carbocycles.